The summed E-state index contributed by atoms with van der Waals surface area (Å²) in [5, 5.41) is 0. The van der Waals surface area contributed by atoms with Crippen molar-refractivity contribution in [3.05, 3.63) is 83.4 Å². The summed E-state index contributed by atoms with van der Waals surface area (Å²) in [7, 11) is 3.26. The number of aromatic nitrogens is 2. The van der Waals surface area contributed by atoms with Crippen molar-refractivity contribution in [2.45, 2.75) is 0 Å². The monoisotopic (exact) mass is 340 g/mol. The van der Waals surface area contributed by atoms with E-state index in [1.54, 1.807) is 26.6 Å². The normalized spacial score (nSPS) is 9.31. The van der Waals surface area contributed by atoms with Gasteiger partial charge in [-0.1, -0.05) is 17.9 Å². The summed E-state index contributed by atoms with van der Waals surface area (Å²) >= 11 is 0. The second-order valence-electron chi connectivity index (χ2n) is 5.25. The Morgan fingerprint density at radius 1 is 0.692 bits per heavy atom. The van der Waals surface area contributed by atoms with Gasteiger partial charge in [0.1, 0.15) is 22.9 Å². The Hall–Kier alpha value is -3.76. The van der Waals surface area contributed by atoms with Crippen molar-refractivity contribution in [1.82, 2.24) is 9.97 Å². The first-order chi connectivity index (χ1) is 12.8. The van der Waals surface area contributed by atoms with Crippen LogP contribution in [0.2, 0.25) is 0 Å². The fourth-order valence-electron chi connectivity index (χ4n) is 2.13. The van der Waals surface area contributed by atoms with E-state index in [0.717, 1.165) is 22.6 Å². The first-order valence-electron chi connectivity index (χ1n) is 7.91. The van der Waals surface area contributed by atoms with Gasteiger partial charge in [0.15, 0.2) is 0 Å². The highest BCUT2D eigenvalue weighted by Gasteiger charge is 1.95. The first-order valence-corrected chi connectivity index (χ1v) is 7.91. The van der Waals surface area contributed by atoms with Crippen molar-refractivity contribution in [3.8, 4) is 35.2 Å². The third-order valence-electron chi connectivity index (χ3n) is 3.46. The molecule has 0 amide bonds. The maximum absolute atomic E-state index is 5.19. The summed E-state index contributed by atoms with van der Waals surface area (Å²) in [6.45, 7) is 0. The Bertz CT molecular complexity index is 1020. The molecule has 0 aliphatic heterocycles. The van der Waals surface area contributed by atoms with E-state index in [2.05, 4.69) is 33.6 Å². The van der Waals surface area contributed by atoms with E-state index >= 15 is 0 Å². The van der Waals surface area contributed by atoms with Gasteiger partial charge >= 0.3 is 0 Å². The van der Waals surface area contributed by atoms with Crippen LogP contribution in [-0.2, 0) is 0 Å². The van der Waals surface area contributed by atoms with E-state index in [4.69, 9.17) is 9.47 Å². The first kappa shape index (κ1) is 17.1. The quantitative estimate of drug-likeness (QED) is 0.672. The van der Waals surface area contributed by atoms with E-state index in [0.29, 0.717) is 11.4 Å². The highest BCUT2D eigenvalue weighted by Crippen LogP contribution is 2.12. The molecule has 2 aromatic carbocycles. The fraction of sp³-hybridized carbons (Fsp3) is 0.0909. The molecule has 1 aromatic heterocycles. The molecule has 0 N–H and O–H groups in total. The molecule has 1 heterocycles. The minimum atomic E-state index is 0.564. The number of hydrogen-bond donors (Lipinski definition) is 0. The van der Waals surface area contributed by atoms with E-state index in [9.17, 15) is 0 Å². The van der Waals surface area contributed by atoms with Gasteiger partial charge in [-0.3, -0.25) is 4.98 Å². The molecule has 126 valence electrons. The van der Waals surface area contributed by atoms with Gasteiger partial charge in [0.25, 0.3) is 0 Å². The maximum Gasteiger partial charge on any atom is 0.133 e. The summed E-state index contributed by atoms with van der Waals surface area (Å²) in [6, 6.07) is 15.1. The number of hydrogen-bond acceptors (Lipinski definition) is 4. The molecule has 0 saturated heterocycles. The summed E-state index contributed by atoms with van der Waals surface area (Å²) in [5.74, 6) is 13.7. The highest BCUT2D eigenvalue weighted by molar-refractivity contribution is 5.45. The molecule has 0 bridgehead atoms. The molecule has 3 aromatic rings. The molecule has 0 fully saturated rings. The maximum atomic E-state index is 5.19. The molecule has 4 heteroatoms. The zero-order valence-electron chi connectivity index (χ0n) is 14.5. The van der Waals surface area contributed by atoms with Gasteiger partial charge in [-0.25, -0.2) is 4.98 Å². The Morgan fingerprint density at radius 3 is 2.00 bits per heavy atom. The van der Waals surface area contributed by atoms with E-state index < -0.39 is 0 Å². The number of ether oxygens (including phenoxy) is 2. The SMILES string of the molecule is COc1ccc(C#Cc2cncc(C#Cc3cccc(OC)c3)n2)cc1. The third kappa shape index (κ3) is 4.63. The Kier molecular flexibility index (Phi) is 5.50. The molecular formula is C22H16N2O2. The highest BCUT2D eigenvalue weighted by atomic mass is 16.5. The second-order valence-corrected chi connectivity index (χ2v) is 5.25. The summed E-state index contributed by atoms with van der Waals surface area (Å²) in [4.78, 5) is 8.57. The zero-order valence-corrected chi connectivity index (χ0v) is 14.5. The topological polar surface area (TPSA) is 44.2 Å². The standard InChI is InChI=1S/C22H16N2O2/c1-25-21-12-8-17(9-13-21)6-10-19-15-23-16-20(24-19)11-7-18-4-3-5-22(14-18)26-2/h3-5,8-9,12-16H,1-2H3. The lowest BCUT2D eigenvalue weighted by molar-refractivity contribution is 0.414. The van der Waals surface area contributed by atoms with Crippen molar-refractivity contribution in [3.63, 3.8) is 0 Å². The Balaban J connectivity index is 1.78. The molecular weight excluding hydrogens is 324 g/mol. The lowest BCUT2D eigenvalue weighted by Crippen LogP contribution is -1.90. The lowest BCUT2D eigenvalue weighted by Gasteiger charge is -1.98. The van der Waals surface area contributed by atoms with Gasteiger partial charge < -0.3 is 9.47 Å². The lowest BCUT2D eigenvalue weighted by atomic mass is 10.2. The van der Waals surface area contributed by atoms with Gasteiger partial charge in [0.05, 0.1) is 26.6 Å². The average molecular weight is 340 g/mol. The molecule has 0 atom stereocenters. The molecule has 3 rings (SSSR count). The molecule has 0 aliphatic carbocycles. The van der Waals surface area contributed by atoms with Crippen LogP contribution in [0.4, 0.5) is 0 Å². The van der Waals surface area contributed by atoms with Crippen molar-refractivity contribution in [2.75, 3.05) is 14.2 Å². The fourth-order valence-corrected chi connectivity index (χ4v) is 2.13. The Morgan fingerprint density at radius 2 is 1.35 bits per heavy atom. The largest absolute Gasteiger partial charge is 0.497 e. The number of methoxy groups -OCH3 is 2. The van der Waals surface area contributed by atoms with Gasteiger partial charge in [0.2, 0.25) is 0 Å². The molecule has 26 heavy (non-hydrogen) atoms. The van der Waals surface area contributed by atoms with Crippen LogP contribution in [0.5, 0.6) is 11.5 Å². The molecule has 0 aliphatic rings. The second kappa shape index (κ2) is 8.37. The van der Waals surface area contributed by atoms with Crippen molar-refractivity contribution >= 4 is 0 Å². The van der Waals surface area contributed by atoms with Crippen LogP contribution in [0.25, 0.3) is 0 Å². The Labute approximate surface area is 152 Å². The summed E-state index contributed by atoms with van der Waals surface area (Å²) in [6.07, 6.45) is 3.24. The van der Waals surface area contributed by atoms with Crippen LogP contribution in [0.15, 0.2) is 60.9 Å². The molecule has 0 unspecified atom stereocenters. The third-order valence-corrected chi connectivity index (χ3v) is 3.46. The van der Waals surface area contributed by atoms with Crippen molar-refractivity contribution in [2.24, 2.45) is 0 Å². The predicted octanol–water partition coefficient (Wildman–Crippen LogP) is 3.29. The van der Waals surface area contributed by atoms with Crippen LogP contribution in [0.3, 0.4) is 0 Å². The van der Waals surface area contributed by atoms with E-state index in [1.807, 2.05) is 48.5 Å². The van der Waals surface area contributed by atoms with Crippen LogP contribution < -0.4 is 9.47 Å². The zero-order chi connectivity index (χ0) is 18.2. The van der Waals surface area contributed by atoms with Crippen molar-refractivity contribution in [1.29, 1.82) is 0 Å². The van der Waals surface area contributed by atoms with Crippen LogP contribution in [-0.4, -0.2) is 24.2 Å². The number of benzene rings is 2. The summed E-state index contributed by atoms with van der Waals surface area (Å²) < 4.78 is 10.3. The van der Waals surface area contributed by atoms with Gasteiger partial charge in [-0.05, 0) is 54.3 Å². The van der Waals surface area contributed by atoms with Gasteiger partial charge in [0, 0.05) is 11.1 Å². The van der Waals surface area contributed by atoms with Gasteiger partial charge in [-0.2, -0.15) is 0 Å². The van der Waals surface area contributed by atoms with Crippen LogP contribution in [0, 0.1) is 23.7 Å². The number of rotatable bonds is 2. The van der Waals surface area contributed by atoms with Crippen LogP contribution >= 0.6 is 0 Å². The van der Waals surface area contributed by atoms with E-state index in [-0.39, 0.29) is 0 Å². The minimum absolute atomic E-state index is 0.564. The predicted molar refractivity (Wildman–Crippen MR) is 100.0 cm³/mol. The summed E-state index contributed by atoms with van der Waals surface area (Å²) in [5.41, 5.74) is 2.86. The molecule has 0 saturated carbocycles. The van der Waals surface area contributed by atoms with Crippen LogP contribution in [0.1, 0.15) is 22.5 Å². The molecule has 0 spiro atoms. The molecule has 4 nitrogen and oxygen atoms in total. The minimum Gasteiger partial charge on any atom is -0.497 e. The molecule has 0 radical (unpaired) electrons. The number of nitrogens with zero attached hydrogens (tertiary/aromatic N) is 2. The smallest absolute Gasteiger partial charge is 0.133 e. The van der Waals surface area contributed by atoms with E-state index in [1.165, 1.54) is 0 Å². The average Bonchev–Trinajstić information content (AvgIpc) is 2.71. The van der Waals surface area contributed by atoms with Crippen molar-refractivity contribution < 1.29 is 9.47 Å². The van der Waals surface area contributed by atoms with Gasteiger partial charge in [-0.15, -0.1) is 0 Å².